The van der Waals surface area contributed by atoms with E-state index in [0.29, 0.717) is 12.1 Å². The van der Waals surface area contributed by atoms with Gasteiger partial charge in [-0.05, 0) is 27.7 Å². The Morgan fingerprint density at radius 3 is 2.60 bits per heavy atom. The Hall–Kier alpha value is -1.14. The van der Waals surface area contributed by atoms with Crippen molar-refractivity contribution < 1.29 is 9.53 Å². The van der Waals surface area contributed by atoms with E-state index in [2.05, 4.69) is 47.6 Å². The molecule has 0 saturated heterocycles. The lowest BCUT2D eigenvalue weighted by molar-refractivity contribution is -0.139. The van der Waals surface area contributed by atoms with Crippen LogP contribution in [0, 0.1) is 0 Å². The molecule has 6 heteroatoms. The van der Waals surface area contributed by atoms with Gasteiger partial charge in [0, 0.05) is 30.6 Å². The average Bonchev–Trinajstić information content (AvgIpc) is 2.81. The van der Waals surface area contributed by atoms with E-state index in [-0.39, 0.29) is 12.4 Å². The van der Waals surface area contributed by atoms with Gasteiger partial charge in [-0.15, -0.1) is 11.3 Å². The van der Waals surface area contributed by atoms with Gasteiger partial charge < -0.3 is 10.1 Å². The quantitative estimate of drug-likeness (QED) is 0.747. The first kappa shape index (κ1) is 16.9. The van der Waals surface area contributed by atoms with E-state index in [1.54, 1.807) is 0 Å². The van der Waals surface area contributed by atoms with Crippen LogP contribution in [0.3, 0.4) is 0 Å². The van der Waals surface area contributed by atoms with Gasteiger partial charge in [-0.2, -0.15) is 0 Å². The standard InChI is InChI=1S/C14H25N3O2S/c1-10(2)17(11(3)4)7-6-15-14-16-12(9-20-14)8-13(18)19-5/h9-11H,6-8H2,1-5H3,(H,15,16). The number of ether oxygens (including phenoxy) is 1. The van der Waals surface area contributed by atoms with Crippen molar-refractivity contribution in [3.63, 3.8) is 0 Å². The van der Waals surface area contributed by atoms with Gasteiger partial charge in [0.2, 0.25) is 0 Å². The fraction of sp³-hybridized carbons (Fsp3) is 0.714. The van der Waals surface area contributed by atoms with E-state index in [0.717, 1.165) is 23.9 Å². The summed E-state index contributed by atoms with van der Waals surface area (Å²) in [6.07, 6.45) is 0.235. The number of anilines is 1. The van der Waals surface area contributed by atoms with Crippen molar-refractivity contribution in [3.05, 3.63) is 11.1 Å². The Morgan fingerprint density at radius 2 is 2.05 bits per heavy atom. The highest BCUT2D eigenvalue weighted by Crippen LogP contribution is 2.16. The van der Waals surface area contributed by atoms with Crippen LogP contribution in [-0.2, 0) is 16.0 Å². The number of rotatable bonds is 8. The molecular formula is C14H25N3O2S. The van der Waals surface area contributed by atoms with Crippen molar-refractivity contribution >= 4 is 22.4 Å². The summed E-state index contributed by atoms with van der Waals surface area (Å²) in [5.74, 6) is -0.257. The van der Waals surface area contributed by atoms with Gasteiger partial charge in [-0.25, -0.2) is 4.98 Å². The maximum atomic E-state index is 11.2. The van der Waals surface area contributed by atoms with E-state index in [4.69, 9.17) is 0 Å². The number of methoxy groups -OCH3 is 1. The highest BCUT2D eigenvalue weighted by Gasteiger charge is 2.13. The molecule has 1 N–H and O–H groups in total. The summed E-state index contributed by atoms with van der Waals surface area (Å²) in [4.78, 5) is 18.0. The zero-order chi connectivity index (χ0) is 15.1. The lowest BCUT2D eigenvalue weighted by Crippen LogP contribution is -2.40. The highest BCUT2D eigenvalue weighted by atomic mass is 32.1. The van der Waals surface area contributed by atoms with Gasteiger partial charge in [-0.1, -0.05) is 0 Å². The first-order valence-electron chi connectivity index (χ1n) is 6.94. The van der Waals surface area contributed by atoms with Crippen LogP contribution in [0.1, 0.15) is 33.4 Å². The molecule has 5 nitrogen and oxygen atoms in total. The predicted molar refractivity (Wildman–Crippen MR) is 83.3 cm³/mol. The highest BCUT2D eigenvalue weighted by molar-refractivity contribution is 7.13. The normalized spacial score (nSPS) is 11.4. The van der Waals surface area contributed by atoms with Gasteiger partial charge in [0.1, 0.15) is 0 Å². The Labute approximate surface area is 125 Å². The van der Waals surface area contributed by atoms with E-state index in [1.165, 1.54) is 18.4 Å². The SMILES string of the molecule is COC(=O)Cc1csc(NCCN(C(C)C)C(C)C)n1. The van der Waals surface area contributed by atoms with Gasteiger partial charge in [0.05, 0.1) is 19.2 Å². The number of hydrogen-bond acceptors (Lipinski definition) is 6. The molecule has 0 aliphatic carbocycles. The van der Waals surface area contributed by atoms with E-state index in [1.807, 2.05) is 5.38 Å². The topological polar surface area (TPSA) is 54.5 Å². The van der Waals surface area contributed by atoms with Crippen molar-refractivity contribution in [3.8, 4) is 0 Å². The zero-order valence-electron chi connectivity index (χ0n) is 13.0. The second-order valence-electron chi connectivity index (χ2n) is 5.25. The van der Waals surface area contributed by atoms with Crippen molar-refractivity contribution in [1.29, 1.82) is 0 Å². The molecule has 0 aromatic carbocycles. The molecule has 0 aliphatic heterocycles. The molecule has 1 aromatic rings. The number of hydrogen-bond donors (Lipinski definition) is 1. The smallest absolute Gasteiger partial charge is 0.311 e. The molecule has 114 valence electrons. The fourth-order valence-electron chi connectivity index (χ4n) is 2.09. The molecular weight excluding hydrogens is 274 g/mol. The molecule has 0 unspecified atom stereocenters. The lowest BCUT2D eigenvalue weighted by Gasteiger charge is -2.30. The monoisotopic (exact) mass is 299 g/mol. The molecule has 20 heavy (non-hydrogen) atoms. The Bertz CT molecular complexity index is 410. The van der Waals surface area contributed by atoms with E-state index < -0.39 is 0 Å². The third-order valence-electron chi connectivity index (χ3n) is 3.08. The van der Waals surface area contributed by atoms with Gasteiger partial charge >= 0.3 is 5.97 Å². The number of thiazole rings is 1. The van der Waals surface area contributed by atoms with Crippen LogP contribution in [0.5, 0.6) is 0 Å². The molecule has 1 aromatic heterocycles. The average molecular weight is 299 g/mol. The molecule has 0 aliphatic rings. The summed E-state index contributed by atoms with van der Waals surface area (Å²) in [7, 11) is 1.39. The minimum Gasteiger partial charge on any atom is -0.469 e. The molecule has 0 radical (unpaired) electrons. The number of carbonyl (C=O) groups is 1. The minimum absolute atomic E-state index is 0.235. The number of carbonyl (C=O) groups excluding carboxylic acids is 1. The molecule has 0 spiro atoms. The van der Waals surface area contributed by atoms with Crippen molar-refractivity contribution in [1.82, 2.24) is 9.88 Å². The van der Waals surface area contributed by atoms with Crippen LogP contribution < -0.4 is 5.32 Å². The van der Waals surface area contributed by atoms with Crippen molar-refractivity contribution in [2.24, 2.45) is 0 Å². The Morgan fingerprint density at radius 1 is 1.40 bits per heavy atom. The summed E-state index contributed by atoms with van der Waals surface area (Å²) in [5, 5.41) is 6.06. The first-order valence-corrected chi connectivity index (χ1v) is 7.82. The largest absolute Gasteiger partial charge is 0.469 e. The first-order chi connectivity index (χ1) is 9.43. The summed E-state index contributed by atoms with van der Waals surface area (Å²) in [6, 6.07) is 1.06. The predicted octanol–water partition coefficient (Wildman–Crippen LogP) is 2.39. The number of nitrogens with zero attached hydrogens (tertiary/aromatic N) is 2. The Balaban J connectivity index is 2.40. The molecule has 0 atom stereocenters. The van der Waals surface area contributed by atoms with Gasteiger partial charge in [-0.3, -0.25) is 9.69 Å². The minimum atomic E-state index is -0.257. The molecule has 0 fully saturated rings. The number of esters is 1. The molecule has 1 rings (SSSR count). The van der Waals surface area contributed by atoms with E-state index in [9.17, 15) is 4.79 Å². The van der Waals surface area contributed by atoms with Crippen molar-refractivity contribution in [2.45, 2.75) is 46.2 Å². The van der Waals surface area contributed by atoms with E-state index >= 15 is 0 Å². The number of nitrogens with one attached hydrogen (secondary N) is 1. The van der Waals surface area contributed by atoms with Crippen LogP contribution >= 0.6 is 11.3 Å². The maximum Gasteiger partial charge on any atom is 0.311 e. The third kappa shape index (κ3) is 5.46. The van der Waals surface area contributed by atoms with Crippen LogP contribution in [0.4, 0.5) is 5.13 Å². The summed E-state index contributed by atoms with van der Waals surface area (Å²) in [6.45, 7) is 10.6. The summed E-state index contributed by atoms with van der Waals surface area (Å²) in [5.41, 5.74) is 0.758. The second-order valence-corrected chi connectivity index (χ2v) is 6.11. The summed E-state index contributed by atoms with van der Waals surface area (Å²) >= 11 is 1.52. The van der Waals surface area contributed by atoms with Crippen LogP contribution in [0.2, 0.25) is 0 Å². The fourth-order valence-corrected chi connectivity index (χ4v) is 2.83. The maximum absolute atomic E-state index is 11.2. The summed E-state index contributed by atoms with van der Waals surface area (Å²) < 4.78 is 4.63. The van der Waals surface area contributed by atoms with Crippen LogP contribution in [-0.4, -0.2) is 48.1 Å². The molecule has 0 amide bonds. The van der Waals surface area contributed by atoms with Crippen LogP contribution in [0.15, 0.2) is 5.38 Å². The molecule has 1 heterocycles. The van der Waals surface area contributed by atoms with Crippen LogP contribution in [0.25, 0.3) is 0 Å². The molecule has 0 saturated carbocycles. The lowest BCUT2D eigenvalue weighted by atomic mass is 10.2. The van der Waals surface area contributed by atoms with Gasteiger partial charge in [0.15, 0.2) is 5.13 Å². The van der Waals surface area contributed by atoms with Crippen molar-refractivity contribution in [2.75, 3.05) is 25.5 Å². The zero-order valence-corrected chi connectivity index (χ0v) is 13.8. The Kier molecular flexibility index (Phi) is 6.95. The van der Waals surface area contributed by atoms with Gasteiger partial charge in [0.25, 0.3) is 0 Å². The molecule has 0 bridgehead atoms. The second kappa shape index (κ2) is 8.21. The number of aromatic nitrogens is 1. The third-order valence-corrected chi connectivity index (χ3v) is 3.93.